The third-order valence-electron chi connectivity index (χ3n) is 3.48. The van der Waals surface area contributed by atoms with Crippen molar-refractivity contribution in [3.8, 4) is 0 Å². The normalized spacial score (nSPS) is 20.6. The molecule has 0 aromatic heterocycles. The number of rotatable bonds is 4. The van der Waals surface area contributed by atoms with Crippen LogP contribution >= 0.6 is 0 Å². The standard InChI is InChI=1S/C14H20N2O/c1-15(10-13-6-3-2-4-7-13)14-8-5-9-16(11-14)12-17/h2-4,6-7,12,14H,5,8-11H2,1H3. The van der Waals surface area contributed by atoms with Gasteiger partial charge in [-0.2, -0.15) is 0 Å². The van der Waals surface area contributed by atoms with Gasteiger partial charge in [0.1, 0.15) is 0 Å². The highest BCUT2D eigenvalue weighted by molar-refractivity contribution is 5.47. The Morgan fingerprint density at radius 1 is 1.41 bits per heavy atom. The fourth-order valence-electron chi connectivity index (χ4n) is 2.44. The smallest absolute Gasteiger partial charge is 0.209 e. The van der Waals surface area contributed by atoms with E-state index in [0.29, 0.717) is 6.04 Å². The second-order valence-electron chi connectivity index (χ2n) is 4.80. The molecule has 1 aliphatic rings. The molecule has 1 fully saturated rings. The van der Waals surface area contributed by atoms with Crippen LogP contribution in [0.3, 0.4) is 0 Å². The Bertz CT molecular complexity index is 352. The molecule has 1 aliphatic heterocycles. The lowest BCUT2D eigenvalue weighted by molar-refractivity contribution is -0.120. The lowest BCUT2D eigenvalue weighted by Gasteiger charge is -2.35. The molecule has 1 aromatic rings. The molecule has 0 N–H and O–H groups in total. The maximum absolute atomic E-state index is 10.8. The molecule has 17 heavy (non-hydrogen) atoms. The van der Waals surface area contributed by atoms with E-state index in [4.69, 9.17) is 0 Å². The lowest BCUT2D eigenvalue weighted by atomic mass is 10.0. The second kappa shape index (κ2) is 5.82. The number of piperidine rings is 1. The van der Waals surface area contributed by atoms with E-state index in [1.54, 1.807) is 0 Å². The summed E-state index contributed by atoms with van der Waals surface area (Å²) in [6, 6.07) is 11.0. The fourth-order valence-corrected chi connectivity index (χ4v) is 2.44. The van der Waals surface area contributed by atoms with Crippen LogP contribution in [0.15, 0.2) is 30.3 Å². The number of hydrogen-bond acceptors (Lipinski definition) is 2. The van der Waals surface area contributed by atoms with Crippen molar-refractivity contribution in [2.45, 2.75) is 25.4 Å². The summed E-state index contributed by atoms with van der Waals surface area (Å²) in [6.45, 7) is 2.74. The van der Waals surface area contributed by atoms with Gasteiger partial charge in [-0.05, 0) is 25.5 Å². The van der Waals surface area contributed by atoms with Gasteiger partial charge in [0.2, 0.25) is 6.41 Å². The molecule has 1 amide bonds. The summed E-state index contributed by atoms with van der Waals surface area (Å²) in [5.41, 5.74) is 1.33. The summed E-state index contributed by atoms with van der Waals surface area (Å²) in [5.74, 6) is 0. The summed E-state index contributed by atoms with van der Waals surface area (Å²) in [7, 11) is 2.14. The van der Waals surface area contributed by atoms with Gasteiger partial charge in [0, 0.05) is 25.7 Å². The highest BCUT2D eigenvalue weighted by Crippen LogP contribution is 2.15. The minimum Gasteiger partial charge on any atom is -0.344 e. The van der Waals surface area contributed by atoms with Crippen LogP contribution in [0.4, 0.5) is 0 Å². The zero-order chi connectivity index (χ0) is 12.1. The fraction of sp³-hybridized carbons (Fsp3) is 0.500. The predicted octanol–water partition coefficient (Wildman–Crippen LogP) is 1.74. The molecule has 1 aromatic carbocycles. The van der Waals surface area contributed by atoms with Crippen LogP contribution in [-0.4, -0.2) is 42.4 Å². The minimum atomic E-state index is 0.495. The van der Waals surface area contributed by atoms with Crippen molar-refractivity contribution >= 4 is 6.41 Å². The van der Waals surface area contributed by atoms with Gasteiger partial charge in [0.05, 0.1) is 0 Å². The summed E-state index contributed by atoms with van der Waals surface area (Å²) in [6.07, 6.45) is 3.28. The number of nitrogens with zero attached hydrogens (tertiary/aromatic N) is 2. The molecular formula is C14H20N2O. The van der Waals surface area contributed by atoms with Gasteiger partial charge in [-0.15, -0.1) is 0 Å². The highest BCUT2D eigenvalue weighted by atomic mass is 16.1. The molecule has 0 spiro atoms. The SMILES string of the molecule is CN(Cc1ccccc1)C1CCCN(C=O)C1. The summed E-state index contributed by atoms with van der Waals surface area (Å²) < 4.78 is 0. The first kappa shape index (κ1) is 12.1. The van der Waals surface area contributed by atoms with Gasteiger partial charge < -0.3 is 4.90 Å². The molecule has 3 nitrogen and oxygen atoms in total. The minimum absolute atomic E-state index is 0.495. The summed E-state index contributed by atoms with van der Waals surface area (Å²) >= 11 is 0. The Hall–Kier alpha value is -1.35. The maximum Gasteiger partial charge on any atom is 0.209 e. The van der Waals surface area contributed by atoms with Crippen LogP contribution < -0.4 is 0 Å². The zero-order valence-electron chi connectivity index (χ0n) is 10.4. The topological polar surface area (TPSA) is 23.6 Å². The molecule has 3 heteroatoms. The third-order valence-corrected chi connectivity index (χ3v) is 3.48. The van der Waals surface area contributed by atoms with Crippen molar-refractivity contribution in [2.24, 2.45) is 0 Å². The zero-order valence-corrected chi connectivity index (χ0v) is 10.4. The number of likely N-dealkylation sites (N-methyl/N-ethyl adjacent to an activating group) is 1. The van der Waals surface area contributed by atoms with E-state index < -0.39 is 0 Å². The van der Waals surface area contributed by atoms with Crippen molar-refractivity contribution in [3.05, 3.63) is 35.9 Å². The van der Waals surface area contributed by atoms with E-state index >= 15 is 0 Å². The van der Waals surface area contributed by atoms with Crippen LogP contribution in [0, 0.1) is 0 Å². The Kier molecular flexibility index (Phi) is 4.15. The predicted molar refractivity (Wildman–Crippen MR) is 68.6 cm³/mol. The molecule has 0 aliphatic carbocycles. The van der Waals surface area contributed by atoms with Crippen LogP contribution in [-0.2, 0) is 11.3 Å². The first-order valence-corrected chi connectivity index (χ1v) is 6.23. The number of likely N-dealkylation sites (tertiary alicyclic amines) is 1. The van der Waals surface area contributed by atoms with Crippen LogP contribution in [0.5, 0.6) is 0 Å². The number of hydrogen-bond donors (Lipinski definition) is 0. The molecule has 1 atom stereocenters. The van der Waals surface area contributed by atoms with E-state index in [0.717, 1.165) is 32.5 Å². The summed E-state index contributed by atoms with van der Waals surface area (Å²) in [5, 5.41) is 0. The van der Waals surface area contributed by atoms with Crippen molar-refractivity contribution in [3.63, 3.8) is 0 Å². The van der Waals surface area contributed by atoms with Crippen molar-refractivity contribution in [1.29, 1.82) is 0 Å². The Morgan fingerprint density at radius 2 is 2.18 bits per heavy atom. The average Bonchev–Trinajstić information content (AvgIpc) is 2.40. The van der Waals surface area contributed by atoms with Crippen molar-refractivity contribution in [2.75, 3.05) is 20.1 Å². The molecule has 1 unspecified atom stereocenters. The second-order valence-corrected chi connectivity index (χ2v) is 4.80. The molecule has 92 valence electrons. The van der Waals surface area contributed by atoms with Crippen LogP contribution in [0.25, 0.3) is 0 Å². The Labute approximate surface area is 103 Å². The van der Waals surface area contributed by atoms with Crippen molar-refractivity contribution < 1.29 is 4.79 Å². The van der Waals surface area contributed by atoms with Crippen molar-refractivity contribution in [1.82, 2.24) is 9.80 Å². The molecule has 1 saturated heterocycles. The van der Waals surface area contributed by atoms with E-state index in [1.165, 1.54) is 12.0 Å². The number of carbonyl (C=O) groups excluding carboxylic acids is 1. The van der Waals surface area contributed by atoms with Gasteiger partial charge in [0.25, 0.3) is 0 Å². The average molecular weight is 232 g/mol. The van der Waals surface area contributed by atoms with E-state index in [-0.39, 0.29) is 0 Å². The number of amides is 1. The van der Waals surface area contributed by atoms with Gasteiger partial charge in [-0.3, -0.25) is 9.69 Å². The molecule has 0 radical (unpaired) electrons. The maximum atomic E-state index is 10.8. The van der Waals surface area contributed by atoms with E-state index in [2.05, 4.69) is 36.2 Å². The van der Waals surface area contributed by atoms with Gasteiger partial charge in [-0.1, -0.05) is 30.3 Å². The summed E-state index contributed by atoms with van der Waals surface area (Å²) in [4.78, 5) is 15.0. The highest BCUT2D eigenvalue weighted by Gasteiger charge is 2.22. The molecule has 1 heterocycles. The number of carbonyl (C=O) groups is 1. The Balaban J connectivity index is 1.91. The molecule has 2 rings (SSSR count). The van der Waals surface area contributed by atoms with Crippen LogP contribution in [0.2, 0.25) is 0 Å². The van der Waals surface area contributed by atoms with Crippen LogP contribution in [0.1, 0.15) is 18.4 Å². The molecule has 0 saturated carbocycles. The monoisotopic (exact) mass is 232 g/mol. The Morgan fingerprint density at radius 3 is 2.88 bits per heavy atom. The van der Waals surface area contributed by atoms with Gasteiger partial charge in [-0.25, -0.2) is 0 Å². The number of benzene rings is 1. The van der Waals surface area contributed by atoms with Gasteiger partial charge in [0.15, 0.2) is 0 Å². The largest absolute Gasteiger partial charge is 0.344 e. The quantitative estimate of drug-likeness (QED) is 0.738. The van der Waals surface area contributed by atoms with E-state index in [1.807, 2.05) is 11.0 Å². The first-order chi connectivity index (χ1) is 8.29. The third kappa shape index (κ3) is 3.30. The lowest BCUT2D eigenvalue weighted by Crippen LogP contribution is -2.45. The van der Waals surface area contributed by atoms with E-state index in [9.17, 15) is 4.79 Å². The molecular weight excluding hydrogens is 212 g/mol. The van der Waals surface area contributed by atoms with Gasteiger partial charge >= 0.3 is 0 Å². The first-order valence-electron chi connectivity index (χ1n) is 6.23. The molecule has 0 bridgehead atoms.